The zero-order valence-corrected chi connectivity index (χ0v) is 22.6. The summed E-state index contributed by atoms with van der Waals surface area (Å²) in [7, 11) is -2.63. The molecule has 202 valence electrons. The number of guanidine groups is 1. The van der Waals surface area contributed by atoms with Gasteiger partial charge in [0.05, 0.1) is 23.5 Å². The summed E-state index contributed by atoms with van der Waals surface area (Å²) in [6.45, 7) is 0.128. The quantitative estimate of drug-likeness (QED) is 0.332. The van der Waals surface area contributed by atoms with Gasteiger partial charge in [-0.25, -0.2) is 22.5 Å². The van der Waals surface area contributed by atoms with Gasteiger partial charge in [-0.2, -0.15) is 5.10 Å². The molecule has 0 radical (unpaired) electrons. The van der Waals surface area contributed by atoms with Gasteiger partial charge in [-0.1, -0.05) is 54.6 Å². The fourth-order valence-electron chi connectivity index (χ4n) is 5.99. The number of hydrogen-bond donors (Lipinski definition) is 0. The largest absolute Gasteiger partial charge is 0.289 e. The summed E-state index contributed by atoms with van der Waals surface area (Å²) in [5.41, 5.74) is 2.96. The smallest absolute Gasteiger partial charge is 0.267 e. The first-order chi connectivity index (χ1) is 19.3. The van der Waals surface area contributed by atoms with Crippen molar-refractivity contribution in [2.75, 3.05) is 11.9 Å². The monoisotopic (exact) mass is 555 g/mol. The Hall–Kier alpha value is -4.31. The summed E-state index contributed by atoms with van der Waals surface area (Å²) in [6, 6.07) is 22.5. The number of halogens is 1. The maximum Gasteiger partial charge on any atom is 0.267 e. The van der Waals surface area contributed by atoms with Crippen molar-refractivity contribution < 1.29 is 17.6 Å². The third-order valence-corrected chi connectivity index (χ3v) is 9.79. The second-order valence-corrected chi connectivity index (χ2v) is 12.3. The van der Waals surface area contributed by atoms with Crippen molar-refractivity contribution in [3.8, 4) is 11.1 Å². The summed E-state index contributed by atoms with van der Waals surface area (Å²) >= 11 is 0. The van der Waals surface area contributed by atoms with Gasteiger partial charge >= 0.3 is 0 Å². The Balaban J connectivity index is 1.37. The molecule has 2 atom stereocenters. The molecule has 1 aliphatic carbocycles. The molecule has 1 saturated carbocycles. The van der Waals surface area contributed by atoms with E-state index < -0.39 is 21.6 Å². The summed E-state index contributed by atoms with van der Waals surface area (Å²) in [6.07, 6.45) is 2.80. The van der Waals surface area contributed by atoms with Crippen molar-refractivity contribution in [1.82, 2.24) is 14.7 Å². The lowest BCUT2D eigenvalue weighted by molar-refractivity contribution is 0.0861. The molecule has 10 heteroatoms. The fourth-order valence-corrected chi connectivity index (χ4v) is 7.54. The topological polar surface area (TPSA) is 87.9 Å². The summed E-state index contributed by atoms with van der Waals surface area (Å²) in [4.78, 5) is 21.8. The number of hydrogen-bond acceptors (Lipinski definition) is 6. The third-order valence-electron chi connectivity index (χ3n) is 7.98. The van der Waals surface area contributed by atoms with Crippen LogP contribution < -0.4 is 4.90 Å². The van der Waals surface area contributed by atoms with Gasteiger partial charge in [0.2, 0.25) is 15.8 Å². The number of fused-ring (bicyclic) bond motifs is 5. The van der Waals surface area contributed by atoms with Crippen LogP contribution in [0.2, 0.25) is 0 Å². The highest BCUT2D eigenvalue weighted by atomic mass is 32.2. The number of carbonyl (C=O) groups is 1. The van der Waals surface area contributed by atoms with Crippen LogP contribution in [0.1, 0.15) is 35.2 Å². The molecular weight excluding hydrogens is 529 g/mol. The summed E-state index contributed by atoms with van der Waals surface area (Å²) in [5, 5.41) is 4.59. The maximum atomic E-state index is 14.1. The van der Waals surface area contributed by atoms with Crippen LogP contribution in [0, 0.1) is 5.82 Å². The van der Waals surface area contributed by atoms with Crippen LogP contribution in [0.25, 0.3) is 11.1 Å². The van der Waals surface area contributed by atoms with Crippen molar-refractivity contribution in [3.63, 3.8) is 0 Å². The first-order valence-corrected chi connectivity index (χ1v) is 14.7. The van der Waals surface area contributed by atoms with Gasteiger partial charge in [0.1, 0.15) is 11.4 Å². The van der Waals surface area contributed by atoms with Gasteiger partial charge in [0.15, 0.2) is 10.8 Å². The van der Waals surface area contributed by atoms with Gasteiger partial charge in [-0.3, -0.25) is 14.6 Å². The van der Waals surface area contributed by atoms with Crippen molar-refractivity contribution in [2.24, 2.45) is 4.99 Å². The first-order valence-electron chi connectivity index (χ1n) is 13.2. The molecule has 1 fully saturated rings. The molecule has 4 aromatic rings. The van der Waals surface area contributed by atoms with Gasteiger partial charge in [0.25, 0.3) is 5.91 Å². The number of anilines is 1. The Kier molecular flexibility index (Phi) is 5.64. The Bertz CT molecular complexity index is 1770. The van der Waals surface area contributed by atoms with Crippen molar-refractivity contribution >= 4 is 27.5 Å². The molecule has 3 aliphatic rings. The molecule has 3 heterocycles. The molecule has 0 saturated heterocycles. The third kappa shape index (κ3) is 3.77. The predicted molar refractivity (Wildman–Crippen MR) is 148 cm³/mol. The molecule has 1 amide bonds. The molecule has 7 rings (SSSR count). The van der Waals surface area contributed by atoms with Crippen molar-refractivity contribution in [1.29, 1.82) is 0 Å². The normalized spacial score (nSPS) is 19.9. The van der Waals surface area contributed by atoms with Gasteiger partial charge in [-0.05, 0) is 60.2 Å². The second-order valence-electron chi connectivity index (χ2n) is 10.4. The number of rotatable bonds is 5. The fraction of sp³-hybridized carbons (Fsp3) is 0.233. The van der Waals surface area contributed by atoms with E-state index in [2.05, 4.69) is 0 Å². The van der Waals surface area contributed by atoms with Crippen molar-refractivity contribution in [3.05, 3.63) is 95.8 Å². The van der Waals surface area contributed by atoms with Crippen LogP contribution >= 0.6 is 0 Å². The van der Waals surface area contributed by atoms with E-state index in [0.717, 1.165) is 48.1 Å². The van der Waals surface area contributed by atoms with E-state index in [1.165, 1.54) is 21.7 Å². The number of nitrogens with zero attached hydrogens (tertiary/aromatic N) is 5. The minimum absolute atomic E-state index is 0.0270. The van der Waals surface area contributed by atoms with E-state index in [9.17, 15) is 17.6 Å². The van der Waals surface area contributed by atoms with Crippen LogP contribution in [0.3, 0.4) is 0 Å². The van der Waals surface area contributed by atoms with E-state index >= 15 is 0 Å². The van der Waals surface area contributed by atoms with E-state index in [-0.39, 0.29) is 34.1 Å². The van der Waals surface area contributed by atoms with E-state index in [1.807, 2.05) is 59.5 Å². The van der Waals surface area contributed by atoms with Crippen LogP contribution in [0.4, 0.5) is 10.2 Å². The van der Waals surface area contributed by atoms with Gasteiger partial charge in [-0.15, -0.1) is 0 Å². The summed E-state index contributed by atoms with van der Waals surface area (Å²) in [5.74, 6) is -0.196. The predicted octanol–water partition coefficient (Wildman–Crippen LogP) is 4.75. The number of carbonyl (C=O) groups excluding carboxylic acids is 1. The lowest BCUT2D eigenvalue weighted by Crippen LogP contribution is -2.51. The molecule has 1 aromatic heterocycles. The Morgan fingerprint density at radius 3 is 2.35 bits per heavy atom. The van der Waals surface area contributed by atoms with E-state index in [1.54, 1.807) is 7.05 Å². The SMILES string of the molecule is CN1C(=O)c2c(nn(Cc3ccc(-c4ccccc4)cc3)c2S(=O)(=O)c2ccc(F)cc2)N2C1=NC1CCCC12. The number of benzene rings is 3. The Labute approximate surface area is 231 Å². The second kappa shape index (κ2) is 9.12. The molecule has 0 N–H and O–H groups in total. The highest BCUT2D eigenvalue weighted by Crippen LogP contribution is 2.43. The Morgan fingerprint density at radius 1 is 0.925 bits per heavy atom. The Morgan fingerprint density at radius 2 is 1.62 bits per heavy atom. The average molecular weight is 556 g/mol. The molecule has 0 bridgehead atoms. The standard InChI is InChI=1S/C30H26FN5O3S/c1-34-28(37)26-27(36-25-9-5-8-24(25)32-30(34)36)33-35(29(26)40(38,39)23-16-14-22(31)15-17-23)18-19-10-12-21(13-11-19)20-6-3-2-4-7-20/h2-4,6-7,10-17,24-25H,5,8-9,18H2,1H3. The molecular formula is C30H26FN5O3S. The van der Waals surface area contributed by atoms with Crippen LogP contribution in [0.5, 0.6) is 0 Å². The zero-order chi connectivity index (χ0) is 27.6. The highest BCUT2D eigenvalue weighted by molar-refractivity contribution is 7.91. The molecule has 2 aliphatic heterocycles. The van der Waals surface area contributed by atoms with Crippen molar-refractivity contribution in [2.45, 2.75) is 47.8 Å². The molecule has 40 heavy (non-hydrogen) atoms. The maximum absolute atomic E-state index is 14.1. The molecule has 0 spiro atoms. The minimum Gasteiger partial charge on any atom is -0.289 e. The van der Waals surface area contributed by atoms with Crippen LogP contribution in [0.15, 0.2) is 93.8 Å². The average Bonchev–Trinajstić information content (AvgIpc) is 3.66. The number of aliphatic imine (C=N–C) groups is 1. The van der Waals surface area contributed by atoms with Gasteiger partial charge < -0.3 is 0 Å². The van der Waals surface area contributed by atoms with Crippen LogP contribution in [-0.2, 0) is 16.4 Å². The van der Waals surface area contributed by atoms with Gasteiger partial charge in [0, 0.05) is 7.05 Å². The highest BCUT2D eigenvalue weighted by Gasteiger charge is 2.50. The zero-order valence-electron chi connectivity index (χ0n) is 21.7. The van der Waals surface area contributed by atoms with Crippen LogP contribution in [-0.4, -0.2) is 54.1 Å². The minimum atomic E-state index is -4.24. The summed E-state index contributed by atoms with van der Waals surface area (Å²) < 4.78 is 43.3. The lowest BCUT2D eigenvalue weighted by Gasteiger charge is -2.34. The molecule has 3 aromatic carbocycles. The number of sulfone groups is 1. The number of aromatic nitrogens is 2. The van der Waals surface area contributed by atoms with E-state index in [0.29, 0.717) is 11.8 Å². The van der Waals surface area contributed by atoms with E-state index in [4.69, 9.17) is 10.1 Å². The first kappa shape index (κ1) is 24.7. The molecule has 2 unspecified atom stereocenters. The molecule has 8 nitrogen and oxygen atoms in total. The number of amides is 1. The lowest BCUT2D eigenvalue weighted by atomic mass is 10.0.